The van der Waals surface area contributed by atoms with E-state index in [4.69, 9.17) is 0 Å². The largest absolute Gasteiger partial charge is 0.305 e. The molecule has 2 bridgehead atoms. The first kappa shape index (κ1) is 13.8. The number of rotatable bonds is 2. The fraction of sp³-hybridized carbons (Fsp3) is 0.429. The number of nitrogens with zero attached hydrogens (tertiary/aromatic N) is 1. The van der Waals surface area contributed by atoms with Gasteiger partial charge in [0.05, 0.1) is 0 Å². The minimum absolute atomic E-state index is 0.440. The summed E-state index contributed by atoms with van der Waals surface area (Å²) >= 11 is 0. The van der Waals surface area contributed by atoms with Crippen molar-refractivity contribution >= 4 is 0 Å². The zero-order valence-electron chi connectivity index (χ0n) is 13.4. The highest BCUT2D eigenvalue weighted by atomic mass is 15.3. The van der Waals surface area contributed by atoms with Crippen molar-refractivity contribution in [2.75, 3.05) is 13.1 Å². The Morgan fingerprint density at radius 1 is 0.783 bits per heavy atom. The molecule has 4 aliphatic rings. The fourth-order valence-corrected chi connectivity index (χ4v) is 5.30. The van der Waals surface area contributed by atoms with Gasteiger partial charge in [0, 0.05) is 24.0 Å². The number of piperidine rings is 3. The monoisotopic (exact) mass is 304 g/mol. The molecule has 4 atom stereocenters. The lowest BCUT2D eigenvalue weighted by molar-refractivity contribution is 0.0294. The van der Waals surface area contributed by atoms with E-state index in [1.165, 1.54) is 37.1 Å². The molecule has 0 radical (unpaired) electrons. The van der Waals surface area contributed by atoms with Gasteiger partial charge in [-0.05, 0) is 43.0 Å². The molecular formula is C21H24N2. The van der Waals surface area contributed by atoms with Gasteiger partial charge in [0.25, 0.3) is 0 Å². The van der Waals surface area contributed by atoms with E-state index in [2.05, 4.69) is 70.9 Å². The first-order chi connectivity index (χ1) is 11.4. The second-order valence-corrected chi connectivity index (χ2v) is 7.38. The molecule has 2 aromatic carbocycles. The maximum absolute atomic E-state index is 4.05. The first-order valence-electron chi connectivity index (χ1n) is 9.02. The van der Waals surface area contributed by atoms with E-state index in [0.717, 1.165) is 5.92 Å². The highest BCUT2D eigenvalue weighted by Crippen LogP contribution is 2.49. The summed E-state index contributed by atoms with van der Waals surface area (Å²) in [6, 6.07) is 24.0. The summed E-state index contributed by atoms with van der Waals surface area (Å²) < 4.78 is 0. The van der Waals surface area contributed by atoms with Crippen LogP contribution in [0, 0.1) is 5.92 Å². The van der Waals surface area contributed by atoms with Gasteiger partial charge in [0.1, 0.15) is 0 Å². The van der Waals surface area contributed by atoms with Crippen molar-refractivity contribution < 1.29 is 0 Å². The Hall–Kier alpha value is -1.64. The van der Waals surface area contributed by atoms with Gasteiger partial charge in [-0.25, -0.2) is 0 Å². The average Bonchev–Trinajstić information content (AvgIpc) is 3.07. The lowest BCUT2D eigenvalue weighted by Crippen LogP contribution is -2.59. The van der Waals surface area contributed by atoms with Crippen LogP contribution in [0.1, 0.15) is 35.9 Å². The number of hydrogen-bond donors (Lipinski definition) is 1. The third-order valence-electron chi connectivity index (χ3n) is 6.31. The van der Waals surface area contributed by atoms with Gasteiger partial charge in [0.2, 0.25) is 0 Å². The molecule has 6 rings (SSSR count). The second kappa shape index (κ2) is 5.47. The van der Waals surface area contributed by atoms with Crippen molar-refractivity contribution in [1.29, 1.82) is 0 Å². The molecule has 0 aromatic heterocycles. The number of nitrogens with one attached hydrogen (secondary N) is 1. The standard InChI is InChI=1S/C21H24N2/c1-3-7-15(8-4-1)18-19(16-9-5-2-6-10-16)22-20-17-11-13-23(14-12-17)21(18)20/h1-10,17-22H,11-14H2/t18-,19+,20+,21+/m1/s1. The molecule has 2 nitrogen and oxygen atoms in total. The van der Waals surface area contributed by atoms with Crippen molar-refractivity contribution in [3.63, 3.8) is 0 Å². The van der Waals surface area contributed by atoms with Gasteiger partial charge in [-0.15, -0.1) is 0 Å². The highest BCUT2D eigenvalue weighted by molar-refractivity contribution is 5.34. The maximum Gasteiger partial charge on any atom is 0.0408 e. The normalized spacial score (nSPS) is 38.4. The molecule has 23 heavy (non-hydrogen) atoms. The second-order valence-electron chi connectivity index (χ2n) is 7.38. The molecule has 4 fully saturated rings. The lowest BCUT2D eigenvalue weighted by Gasteiger charge is -2.49. The van der Waals surface area contributed by atoms with Crippen LogP contribution < -0.4 is 5.32 Å². The van der Waals surface area contributed by atoms with Gasteiger partial charge in [-0.1, -0.05) is 60.7 Å². The molecule has 4 saturated heterocycles. The quantitative estimate of drug-likeness (QED) is 0.912. The van der Waals surface area contributed by atoms with Crippen LogP contribution in [0.3, 0.4) is 0 Å². The molecule has 0 saturated carbocycles. The van der Waals surface area contributed by atoms with Gasteiger partial charge >= 0.3 is 0 Å². The van der Waals surface area contributed by atoms with E-state index in [0.29, 0.717) is 24.0 Å². The Bertz CT molecular complexity index is 661. The molecule has 118 valence electrons. The molecule has 2 aromatic rings. The van der Waals surface area contributed by atoms with Crippen molar-refractivity contribution in [2.45, 2.75) is 36.9 Å². The molecular weight excluding hydrogens is 280 g/mol. The average molecular weight is 304 g/mol. The van der Waals surface area contributed by atoms with Crippen LogP contribution in [0.15, 0.2) is 60.7 Å². The Labute approximate surface area is 138 Å². The first-order valence-corrected chi connectivity index (χ1v) is 9.02. The van der Waals surface area contributed by atoms with Gasteiger partial charge in [-0.2, -0.15) is 0 Å². The van der Waals surface area contributed by atoms with Gasteiger partial charge in [-0.3, -0.25) is 4.90 Å². The van der Waals surface area contributed by atoms with Crippen LogP contribution >= 0.6 is 0 Å². The SMILES string of the molecule is c1ccc([C@H]2[C@H]3[C@@H](N[C@H]2c2ccccc2)C2CCN3CC2)cc1. The van der Waals surface area contributed by atoms with E-state index in [1.807, 2.05) is 0 Å². The zero-order chi connectivity index (χ0) is 15.2. The summed E-state index contributed by atoms with van der Waals surface area (Å²) in [6.45, 7) is 2.58. The third kappa shape index (κ3) is 2.16. The third-order valence-corrected chi connectivity index (χ3v) is 6.31. The van der Waals surface area contributed by atoms with Gasteiger partial charge < -0.3 is 5.32 Å². The smallest absolute Gasteiger partial charge is 0.0408 e. The molecule has 4 heterocycles. The molecule has 0 aliphatic carbocycles. The van der Waals surface area contributed by atoms with E-state index in [-0.39, 0.29) is 0 Å². The summed E-state index contributed by atoms with van der Waals surface area (Å²) in [7, 11) is 0. The van der Waals surface area contributed by atoms with Crippen LogP contribution in [-0.4, -0.2) is 30.1 Å². The molecule has 0 amide bonds. The Balaban J connectivity index is 1.60. The van der Waals surface area contributed by atoms with Crippen molar-refractivity contribution in [3.05, 3.63) is 71.8 Å². The molecule has 2 heteroatoms. The Morgan fingerprint density at radius 3 is 2.04 bits per heavy atom. The van der Waals surface area contributed by atoms with E-state index in [9.17, 15) is 0 Å². The summed E-state index contributed by atoms with van der Waals surface area (Å²) in [4.78, 5) is 2.76. The van der Waals surface area contributed by atoms with E-state index in [1.54, 1.807) is 0 Å². The minimum atomic E-state index is 0.440. The van der Waals surface area contributed by atoms with Gasteiger partial charge in [0.15, 0.2) is 0 Å². The van der Waals surface area contributed by atoms with Crippen LogP contribution in [-0.2, 0) is 0 Å². The van der Waals surface area contributed by atoms with Crippen LogP contribution in [0.5, 0.6) is 0 Å². The van der Waals surface area contributed by atoms with Crippen molar-refractivity contribution in [1.82, 2.24) is 10.2 Å². The molecule has 0 unspecified atom stereocenters. The molecule has 4 aliphatic heterocycles. The topological polar surface area (TPSA) is 15.3 Å². The molecule has 1 N–H and O–H groups in total. The predicted octanol–water partition coefficient (Wildman–Crippen LogP) is 3.58. The number of benzene rings is 2. The van der Waals surface area contributed by atoms with Crippen molar-refractivity contribution in [2.24, 2.45) is 5.92 Å². The summed E-state index contributed by atoms with van der Waals surface area (Å²) in [5.74, 6) is 1.43. The van der Waals surface area contributed by atoms with Crippen molar-refractivity contribution in [3.8, 4) is 0 Å². The van der Waals surface area contributed by atoms with Crippen LogP contribution in [0.4, 0.5) is 0 Å². The van der Waals surface area contributed by atoms with E-state index < -0.39 is 0 Å². The maximum atomic E-state index is 4.05. The molecule has 0 spiro atoms. The Kier molecular flexibility index (Phi) is 3.27. The van der Waals surface area contributed by atoms with Crippen LogP contribution in [0.25, 0.3) is 0 Å². The van der Waals surface area contributed by atoms with E-state index >= 15 is 0 Å². The number of hydrogen-bond acceptors (Lipinski definition) is 2. The summed E-state index contributed by atoms with van der Waals surface area (Å²) in [6.07, 6.45) is 2.74. The van der Waals surface area contributed by atoms with Crippen LogP contribution in [0.2, 0.25) is 0 Å². The highest BCUT2D eigenvalue weighted by Gasteiger charge is 2.53. The summed E-state index contributed by atoms with van der Waals surface area (Å²) in [5, 5.41) is 4.05. The lowest BCUT2D eigenvalue weighted by atomic mass is 9.74. The fourth-order valence-electron chi connectivity index (χ4n) is 5.30. The Morgan fingerprint density at radius 2 is 1.39 bits per heavy atom. The predicted molar refractivity (Wildman–Crippen MR) is 93.4 cm³/mol. The summed E-state index contributed by atoms with van der Waals surface area (Å²) in [5.41, 5.74) is 2.94. The minimum Gasteiger partial charge on any atom is -0.305 e. The zero-order valence-corrected chi connectivity index (χ0v) is 13.4. The number of fused-ring (bicyclic) bond motifs is 2.